The molecule has 146 valence electrons. The zero-order chi connectivity index (χ0) is 21.1. The summed E-state index contributed by atoms with van der Waals surface area (Å²) in [5.74, 6) is 0.181. The van der Waals surface area contributed by atoms with E-state index in [-0.39, 0.29) is 17.3 Å². The van der Waals surface area contributed by atoms with Crippen LogP contribution in [0.1, 0.15) is 27.3 Å². The maximum atomic E-state index is 12.8. The Balaban J connectivity index is 1.63. The lowest BCUT2D eigenvalue weighted by atomic mass is 10.0. The average Bonchev–Trinajstić information content (AvgIpc) is 3.16. The summed E-state index contributed by atoms with van der Waals surface area (Å²) in [5.41, 5.74) is 4.31. The molecule has 0 bridgehead atoms. The molecule has 0 radical (unpaired) electrons. The lowest BCUT2D eigenvalue weighted by Crippen LogP contribution is -2.17. The van der Waals surface area contributed by atoms with Gasteiger partial charge in [-0.25, -0.2) is 9.97 Å². The molecule has 0 unspecified atom stereocenters. The first-order valence-electron chi connectivity index (χ1n) is 9.33. The summed E-state index contributed by atoms with van der Waals surface area (Å²) < 4.78 is 1.37. The number of nitriles is 1. The van der Waals surface area contributed by atoms with Crippen molar-refractivity contribution in [3.63, 3.8) is 0 Å². The highest BCUT2D eigenvalue weighted by Crippen LogP contribution is 2.22. The molecule has 2 heterocycles. The number of carbonyl (C=O) groups is 1. The van der Waals surface area contributed by atoms with Crippen molar-refractivity contribution in [1.82, 2.24) is 19.7 Å². The Morgan fingerprint density at radius 3 is 2.23 bits per heavy atom. The molecule has 2 aromatic heterocycles. The van der Waals surface area contributed by atoms with E-state index in [0.717, 1.165) is 22.5 Å². The van der Waals surface area contributed by atoms with Crippen molar-refractivity contribution in [3.8, 4) is 23.1 Å². The summed E-state index contributed by atoms with van der Waals surface area (Å²) in [4.78, 5) is 21.6. The van der Waals surface area contributed by atoms with E-state index < -0.39 is 0 Å². The van der Waals surface area contributed by atoms with E-state index in [4.69, 9.17) is 0 Å². The minimum atomic E-state index is -0.350. The molecule has 4 aromatic rings. The van der Waals surface area contributed by atoms with Gasteiger partial charge >= 0.3 is 0 Å². The normalized spacial score (nSPS) is 10.4. The third kappa shape index (κ3) is 3.80. The molecule has 0 spiro atoms. The van der Waals surface area contributed by atoms with E-state index in [1.165, 1.54) is 10.9 Å². The number of hydrogen-bond acceptors (Lipinski definition) is 5. The molecule has 1 N–H and O–H groups in total. The number of anilines is 1. The largest absolute Gasteiger partial charge is 0.305 e. The molecule has 0 saturated heterocycles. The van der Waals surface area contributed by atoms with Gasteiger partial charge in [0, 0.05) is 17.0 Å². The Kier molecular flexibility index (Phi) is 5.06. The van der Waals surface area contributed by atoms with Crippen molar-refractivity contribution in [3.05, 3.63) is 89.4 Å². The molecule has 4 rings (SSSR count). The van der Waals surface area contributed by atoms with Gasteiger partial charge in [0.1, 0.15) is 11.6 Å². The van der Waals surface area contributed by atoms with Crippen molar-refractivity contribution >= 4 is 11.7 Å². The lowest BCUT2D eigenvalue weighted by molar-refractivity contribution is 0.102. The van der Waals surface area contributed by atoms with E-state index in [9.17, 15) is 10.1 Å². The van der Waals surface area contributed by atoms with Gasteiger partial charge in [0.15, 0.2) is 5.82 Å². The van der Waals surface area contributed by atoms with Gasteiger partial charge < -0.3 is 5.32 Å². The highest BCUT2D eigenvalue weighted by Gasteiger charge is 2.18. The SMILES string of the molecule is Cc1cc(C)nc(-n2ncc(C#N)c2NC(=O)c2ccc(-c3ccccc3)cc2)n1. The maximum Gasteiger partial charge on any atom is 0.256 e. The molecule has 0 aliphatic carbocycles. The third-order valence-corrected chi connectivity index (χ3v) is 4.54. The molecule has 7 nitrogen and oxygen atoms in total. The van der Waals surface area contributed by atoms with Gasteiger partial charge in [0.2, 0.25) is 0 Å². The molecule has 0 aliphatic rings. The third-order valence-electron chi connectivity index (χ3n) is 4.54. The Morgan fingerprint density at radius 2 is 1.60 bits per heavy atom. The molecular formula is C23H18N6O. The average molecular weight is 394 g/mol. The van der Waals surface area contributed by atoms with Crippen LogP contribution in [0.4, 0.5) is 5.82 Å². The van der Waals surface area contributed by atoms with E-state index in [1.807, 2.05) is 68.4 Å². The van der Waals surface area contributed by atoms with Gasteiger partial charge in [-0.05, 0) is 43.2 Å². The van der Waals surface area contributed by atoms with E-state index in [0.29, 0.717) is 11.5 Å². The molecule has 0 fully saturated rings. The number of rotatable bonds is 4. The van der Waals surface area contributed by atoms with Crippen LogP contribution in [-0.4, -0.2) is 25.7 Å². The quantitative estimate of drug-likeness (QED) is 0.563. The molecule has 2 aromatic carbocycles. The van der Waals surface area contributed by atoms with E-state index in [1.54, 1.807) is 12.1 Å². The fraction of sp³-hybridized carbons (Fsp3) is 0.0870. The number of hydrogen-bond donors (Lipinski definition) is 1. The van der Waals surface area contributed by atoms with Gasteiger partial charge in [-0.1, -0.05) is 42.5 Å². The second-order valence-electron chi connectivity index (χ2n) is 6.78. The number of benzene rings is 2. The Morgan fingerprint density at radius 1 is 0.967 bits per heavy atom. The first kappa shape index (κ1) is 19.0. The number of nitrogens with zero attached hydrogens (tertiary/aromatic N) is 5. The van der Waals surface area contributed by atoms with Crippen LogP contribution in [0.15, 0.2) is 66.9 Å². The number of aromatic nitrogens is 4. The molecule has 1 amide bonds. The number of amides is 1. The summed E-state index contributed by atoms with van der Waals surface area (Å²) in [7, 11) is 0. The van der Waals surface area contributed by atoms with Crippen molar-refractivity contribution < 1.29 is 4.79 Å². The smallest absolute Gasteiger partial charge is 0.256 e. The highest BCUT2D eigenvalue weighted by atomic mass is 16.1. The monoisotopic (exact) mass is 394 g/mol. The fourth-order valence-corrected chi connectivity index (χ4v) is 3.13. The fourth-order valence-electron chi connectivity index (χ4n) is 3.13. The predicted octanol–water partition coefficient (Wildman–Crippen LogP) is 4.07. The van der Waals surface area contributed by atoms with E-state index >= 15 is 0 Å². The molecule has 0 aliphatic heterocycles. The zero-order valence-corrected chi connectivity index (χ0v) is 16.5. The Hall–Kier alpha value is -4.31. The second-order valence-corrected chi connectivity index (χ2v) is 6.78. The van der Waals surface area contributed by atoms with Crippen molar-refractivity contribution in [2.45, 2.75) is 13.8 Å². The number of carbonyl (C=O) groups excluding carboxylic acids is 1. The second kappa shape index (κ2) is 7.97. The van der Waals surface area contributed by atoms with E-state index in [2.05, 4.69) is 20.4 Å². The minimum Gasteiger partial charge on any atom is -0.305 e. The summed E-state index contributed by atoms with van der Waals surface area (Å²) >= 11 is 0. The van der Waals surface area contributed by atoms with Gasteiger partial charge in [0.05, 0.1) is 6.20 Å². The first-order valence-corrected chi connectivity index (χ1v) is 9.33. The zero-order valence-electron chi connectivity index (χ0n) is 16.5. The van der Waals surface area contributed by atoms with Crippen molar-refractivity contribution in [2.24, 2.45) is 0 Å². The van der Waals surface area contributed by atoms with Crippen LogP contribution in [-0.2, 0) is 0 Å². The Labute approximate surface area is 173 Å². The van der Waals surface area contributed by atoms with Crippen molar-refractivity contribution in [1.29, 1.82) is 5.26 Å². The van der Waals surface area contributed by atoms with Gasteiger partial charge in [0.25, 0.3) is 11.9 Å². The maximum absolute atomic E-state index is 12.8. The highest BCUT2D eigenvalue weighted by molar-refractivity contribution is 6.04. The van der Waals surface area contributed by atoms with Gasteiger partial charge in [-0.15, -0.1) is 0 Å². The summed E-state index contributed by atoms with van der Waals surface area (Å²) in [6.07, 6.45) is 1.38. The standard InChI is InChI=1S/C23H18N6O/c1-15-12-16(2)27-23(26-15)29-21(20(13-24)14-25-29)28-22(30)19-10-8-18(9-11-19)17-6-4-3-5-7-17/h3-12,14H,1-2H3,(H,28,30). The van der Waals surface area contributed by atoms with Crippen molar-refractivity contribution in [2.75, 3.05) is 5.32 Å². The van der Waals surface area contributed by atoms with Crippen LogP contribution in [0.25, 0.3) is 17.1 Å². The summed E-state index contributed by atoms with van der Waals surface area (Å²) in [5, 5.41) is 16.4. The number of nitrogens with one attached hydrogen (secondary N) is 1. The molecule has 7 heteroatoms. The summed E-state index contributed by atoms with van der Waals surface area (Å²) in [6, 6.07) is 21.1. The van der Waals surface area contributed by atoms with Crippen LogP contribution in [0, 0.1) is 25.2 Å². The van der Waals surface area contributed by atoms with Gasteiger partial charge in [-0.3, -0.25) is 4.79 Å². The molecular weight excluding hydrogens is 376 g/mol. The van der Waals surface area contributed by atoms with Crippen LogP contribution >= 0.6 is 0 Å². The van der Waals surface area contributed by atoms with Crippen LogP contribution in [0.3, 0.4) is 0 Å². The lowest BCUT2D eigenvalue weighted by Gasteiger charge is -2.10. The summed E-state index contributed by atoms with van der Waals surface area (Å²) in [6.45, 7) is 3.69. The molecule has 0 saturated carbocycles. The first-order chi connectivity index (χ1) is 14.5. The number of aryl methyl sites for hydroxylation is 2. The molecule has 30 heavy (non-hydrogen) atoms. The predicted molar refractivity (Wildman–Crippen MR) is 113 cm³/mol. The minimum absolute atomic E-state index is 0.229. The van der Waals surface area contributed by atoms with Crippen LogP contribution in [0.5, 0.6) is 0 Å². The molecule has 0 atom stereocenters. The Bertz CT molecular complexity index is 1230. The van der Waals surface area contributed by atoms with Crippen LogP contribution < -0.4 is 5.32 Å². The van der Waals surface area contributed by atoms with Gasteiger partial charge in [-0.2, -0.15) is 15.0 Å². The topological polar surface area (TPSA) is 96.5 Å². The van der Waals surface area contributed by atoms with Crippen LogP contribution in [0.2, 0.25) is 0 Å².